The molecule has 6 rings (SSSR count). The van der Waals surface area contributed by atoms with Crippen LogP contribution >= 0.6 is 11.3 Å². The van der Waals surface area contributed by atoms with E-state index in [0.717, 1.165) is 37.7 Å². The first-order chi connectivity index (χ1) is 16.3. The van der Waals surface area contributed by atoms with Gasteiger partial charge in [0.05, 0.1) is 17.6 Å². The highest BCUT2D eigenvalue weighted by Crippen LogP contribution is 2.62. The Kier molecular flexibility index (Phi) is 5.98. The average molecular weight is 484 g/mol. The second kappa shape index (κ2) is 8.82. The molecule has 2 N–H and O–H groups in total. The summed E-state index contributed by atoms with van der Waals surface area (Å²) in [5.74, 6) is -0.720. The molecule has 1 heterocycles. The topological polar surface area (TPSA) is 102 Å². The molecule has 0 spiro atoms. The van der Waals surface area contributed by atoms with Gasteiger partial charge in [0.25, 0.3) is 5.91 Å². The zero-order valence-corrected chi connectivity index (χ0v) is 20.0. The molecule has 2 unspecified atom stereocenters. The fraction of sp³-hybridized carbons (Fsp3) is 0.500. The molecule has 1 aromatic heterocycles. The second-order valence-corrected chi connectivity index (χ2v) is 10.9. The summed E-state index contributed by atoms with van der Waals surface area (Å²) >= 11 is 1.23. The van der Waals surface area contributed by atoms with Gasteiger partial charge in [-0.3, -0.25) is 9.59 Å². The third-order valence-electron chi connectivity index (χ3n) is 7.41. The minimum Gasteiger partial charge on any atom is -0.462 e. The Morgan fingerprint density at radius 3 is 2.44 bits per heavy atom. The number of nitrogens with one attached hydrogen (secondary N) is 1. The Morgan fingerprint density at radius 2 is 1.79 bits per heavy atom. The first kappa shape index (κ1) is 23.1. The van der Waals surface area contributed by atoms with Gasteiger partial charge in [-0.2, -0.15) is 0 Å². The van der Waals surface area contributed by atoms with E-state index in [0.29, 0.717) is 34.4 Å². The highest BCUT2D eigenvalue weighted by Gasteiger charge is 2.60. The molecular formula is C26H29NO6S. The molecule has 0 radical (unpaired) electrons. The lowest BCUT2D eigenvalue weighted by Crippen LogP contribution is -2.58. The van der Waals surface area contributed by atoms with Crippen molar-refractivity contribution < 1.29 is 29.0 Å². The zero-order chi connectivity index (χ0) is 23.9. The Labute approximate surface area is 202 Å². The maximum Gasteiger partial charge on any atom is 0.341 e. The van der Waals surface area contributed by atoms with E-state index in [1.165, 1.54) is 11.3 Å². The van der Waals surface area contributed by atoms with Gasteiger partial charge in [-0.1, -0.05) is 30.3 Å². The molecule has 4 saturated carbocycles. The Morgan fingerprint density at radius 1 is 1.09 bits per heavy atom. The molecule has 4 aliphatic rings. The molecule has 1 amide bonds. The average Bonchev–Trinajstić information content (AvgIpc) is 3.20. The summed E-state index contributed by atoms with van der Waals surface area (Å²) in [6, 6.07) is 9.41. The van der Waals surface area contributed by atoms with Crippen molar-refractivity contribution in [2.45, 2.75) is 51.0 Å². The van der Waals surface area contributed by atoms with E-state index in [-0.39, 0.29) is 6.61 Å². The molecule has 7 nitrogen and oxygen atoms in total. The van der Waals surface area contributed by atoms with Crippen LogP contribution in [-0.4, -0.2) is 41.8 Å². The van der Waals surface area contributed by atoms with Gasteiger partial charge in [0, 0.05) is 10.9 Å². The highest BCUT2D eigenvalue weighted by atomic mass is 32.1. The minimum absolute atomic E-state index is 0.213. The van der Waals surface area contributed by atoms with Crippen molar-refractivity contribution >= 4 is 34.2 Å². The maximum absolute atomic E-state index is 13.1. The SMILES string of the molecule is CCOC(=O)c1c(-c2ccccc2)csc1NC(=O)COC(=O)C12CC3CC(CC(O)(C3)C1)C2. The van der Waals surface area contributed by atoms with Crippen LogP contribution in [0.25, 0.3) is 11.1 Å². The van der Waals surface area contributed by atoms with Crippen LogP contribution in [0.15, 0.2) is 35.7 Å². The van der Waals surface area contributed by atoms with Crippen LogP contribution < -0.4 is 5.32 Å². The number of esters is 2. The number of hydrogen-bond donors (Lipinski definition) is 2. The molecule has 1 aromatic carbocycles. The van der Waals surface area contributed by atoms with Crippen LogP contribution in [0.2, 0.25) is 0 Å². The number of benzene rings is 1. The van der Waals surface area contributed by atoms with Gasteiger partial charge in [-0.15, -0.1) is 11.3 Å². The van der Waals surface area contributed by atoms with Gasteiger partial charge >= 0.3 is 11.9 Å². The number of rotatable bonds is 7. The molecule has 4 bridgehead atoms. The number of carbonyl (C=O) groups excluding carboxylic acids is 3. The molecule has 0 saturated heterocycles. The summed E-state index contributed by atoms with van der Waals surface area (Å²) in [6.07, 6.45) is 4.47. The lowest BCUT2D eigenvalue weighted by molar-refractivity contribution is -0.196. The lowest BCUT2D eigenvalue weighted by atomic mass is 9.48. The molecule has 34 heavy (non-hydrogen) atoms. The summed E-state index contributed by atoms with van der Waals surface area (Å²) in [5, 5.41) is 15.8. The fourth-order valence-electron chi connectivity index (χ4n) is 6.59. The predicted molar refractivity (Wildman–Crippen MR) is 127 cm³/mol. The first-order valence-corrected chi connectivity index (χ1v) is 12.7. The number of amides is 1. The van der Waals surface area contributed by atoms with Gasteiger partial charge in [-0.05, 0) is 62.8 Å². The number of hydrogen-bond acceptors (Lipinski definition) is 7. The third-order valence-corrected chi connectivity index (χ3v) is 8.30. The van der Waals surface area contributed by atoms with Crippen molar-refractivity contribution in [1.82, 2.24) is 0 Å². The first-order valence-electron chi connectivity index (χ1n) is 11.8. The Balaban J connectivity index is 1.27. The number of carbonyl (C=O) groups is 3. The normalized spacial score (nSPS) is 29.0. The van der Waals surface area contributed by atoms with E-state index in [9.17, 15) is 19.5 Å². The molecule has 8 heteroatoms. The standard InChI is InChI=1S/C26H29NO6S/c1-2-32-23(29)21-19(18-6-4-3-5-7-18)14-34-22(21)27-20(28)13-33-24(30)25-9-16-8-17(10-25)12-26(31,11-16)15-25/h3-7,14,16-17,31H,2,8-13,15H2,1H3,(H,27,28). The molecule has 4 aliphatic carbocycles. The van der Waals surface area contributed by atoms with E-state index in [1.807, 2.05) is 30.3 Å². The van der Waals surface area contributed by atoms with E-state index in [1.54, 1.807) is 12.3 Å². The van der Waals surface area contributed by atoms with Crippen LogP contribution in [0.1, 0.15) is 55.8 Å². The van der Waals surface area contributed by atoms with Gasteiger partial charge in [0.15, 0.2) is 6.61 Å². The van der Waals surface area contributed by atoms with Gasteiger partial charge in [0.2, 0.25) is 0 Å². The molecule has 180 valence electrons. The van der Waals surface area contributed by atoms with Gasteiger partial charge in [0.1, 0.15) is 10.6 Å². The number of thiophene rings is 1. The smallest absolute Gasteiger partial charge is 0.341 e. The summed E-state index contributed by atoms with van der Waals surface area (Å²) in [6.45, 7) is 1.50. The largest absolute Gasteiger partial charge is 0.462 e. The van der Waals surface area contributed by atoms with E-state index < -0.39 is 35.5 Å². The fourth-order valence-corrected chi connectivity index (χ4v) is 7.56. The number of anilines is 1. The van der Waals surface area contributed by atoms with Gasteiger partial charge < -0.3 is 19.9 Å². The van der Waals surface area contributed by atoms with Crippen LogP contribution in [-0.2, 0) is 19.1 Å². The predicted octanol–water partition coefficient (Wildman–Crippen LogP) is 4.40. The van der Waals surface area contributed by atoms with Crippen molar-refractivity contribution in [3.63, 3.8) is 0 Å². The summed E-state index contributed by atoms with van der Waals surface area (Å²) in [7, 11) is 0. The maximum atomic E-state index is 13.1. The number of ether oxygens (including phenoxy) is 2. The summed E-state index contributed by atoms with van der Waals surface area (Å²) < 4.78 is 10.7. The van der Waals surface area contributed by atoms with Crippen molar-refractivity contribution in [1.29, 1.82) is 0 Å². The summed E-state index contributed by atoms with van der Waals surface area (Å²) in [4.78, 5) is 38.4. The third kappa shape index (κ3) is 4.25. The molecule has 2 aromatic rings. The lowest BCUT2D eigenvalue weighted by Gasteiger charge is -2.58. The number of aliphatic hydroxyl groups is 1. The van der Waals surface area contributed by atoms with Crippen LogP contribution in [0.5, 0.6) is 0 Å². The van der Waals surface area contributed by atoms with Crippen molar-refractivity contribution in [3.8, 4) is 11.1 Å². The van der Waals surface area contributed by atoms with Crippen molar-refractivity contribution in [2.24, 2.45) is 17.3 Å². The molecule has 4 fully saturated rings. The van der Waals surface area contributed by atoms with Crippen molar-refractivity contribution in [2.75, 3.05) is 18.5 Å². The Bertz CT molecular complexity index is 1100. The summed E-state index contributed by atoms with van der Waals surface area (Å²) in [5.41, 5.74) is 0.358. The van der Waals surface area contributed by atoms with E-state index in [4.69, 9.17) is 9.47 Å². The minimum atomic E-state index is -0.773. The van der Waals surface area contributed by atoms with Crippen molar-refractivity contribution in [3.05, 3.63) is 41.3 Å². The molecule has 2 atom stereocenters. The van der Waals surface area contributed by atoms with Gasteiger partial charge in [-0.25, -0.2) is 4.79 Å². The Hall–Kier alpha value is -2.71. The monoisotopic (exact) mass is 483 g/mol. The second-order valence-electron chi connectivity index (χ2n) is 10.0. The zero-order valence-electron chi connectivity index (χ0n) is 19.2. The molecular weight excluding hydrogens is 454 g/mol. The van der Waals surface area contributed by atoms with Crippen LogP contribution in [0.3, 0.4) is 0 Å². The van der Waals surface area contributed by atoms with Crippen LogP contribution in [0.4, 0.5) is 5.00 Å². The molecule has 0 aliphatic heterocycles. The van der Waals surface area contributed by atoms with Crippen LogP contribution in [0, 0.1) is 17.3 Å². The van der Waals surface area contributed by atoms with E-state index in [2.05, 4.69) is 5.32 Å². The highest BCUT2D eigenvalue weighted by molar-refractivity contribution is 7.15. The quantitative estimate of drug-likeness (QED) is 0.566. The van der Waals surface area contributed by atoms with E-state index >= 15 is 0 Å².